The van der Waals surface area contributed by atoms with Gasteiger partial charge in [-0.15, -0.1) is 0 Å². The van der Waals surface area contributed by atoms with Crippen LogP contribution in [0.5, 0.6) is 5.75 Å². The Kier molecular flexibility index (Phi) is 3.15. The number of methoxy groups -OCH3 is 2. The summed E-state index contributed by atoms with van der Waals surface area (Å²) >= 11 is 0. The van der Waals surface area contributed by atoms with E-state index < -0.39 is 23.1 Å². The summed E-state index contributed by atoms with van der Waals surface area (Å²) in [7, 11) is 2.70. The van der Waals surface area contributed by atoms with Crippen LogP contribution in [-0.4, -0.2) is 31.2 Å². The van der Waals surface area contributed by atoms with E-state index in [1.54, 1.807) is 0 Å². The molecule has 0 aromatic heterocycles. The standard InChI is InChI=1S/C11H11NO6/c1-16-8-4-3-6(12(14)15)5-7(8)9-10(18-9)11(13)17-2/h3-5,9-10H,1-2H3/t9-,10-/m1/s1. The van der Waals surface area contributed by atoms with Gasteiger partial charge in [0.1, 0.15) is 11.9 Å². The van der Waals surface area contributed by atoms with E-state index in [4.69, 9.17) is 9.47 Å². The van der Waals surface area contributed by atoms with Gasteiger partial charge in [-0.25, -0.2) is 4.79 Å². The van der Waals surface area contributed by atoms with Crippen molar-refractivity contribution >= 4 is 11.7 Å². The van der Waals surface area contributed by atoms with Crippen molar-refractivity contribution in [3.8, 4) is 5.75 Å². The van der Waals surface area contributed by atoms with Crippen molar-refractivity contribution in [1.82, 2.24) is 0 Å². The number of benzene rings is 1. The van der Waals surface area contributed by atoms with Gasteiger partial charge in [0.25, 0.3) is 5.69 Å². The Morgan fingerprint density at radius 2 is 2.17 bits per heavy atom. The smallest absolute Gasteiger partial charge is 0.338 e. The van der Waals surface area contributed by atoms with Gasteiger partial charge in [0, 0.05) is 17.7 Å². The Morgan fingerprint density at radius 3 is 2.72 bits per heavy atom. The van der Waals surface area contributed by atoms with Crippen LogP contribution in [0.3, 0.4) is 0 Å². The molecule has 0 amide bonds. The largest absolute Gasteiger partial charge is 0.496 e. The lowest BCUT2D eigenvalue weighted by Gasteiger charge is -2.05. The van der Waals surface area contributed by atoms with Crippen LogP contribution in [0.15, 0.2) is 18.2 Å². The molecule has 0 aliphatic carbocycles. The van der Waals surface area contributed by atoms with E-state index in [0.29, 0.717) is 11.3 Å². The molecule has 1 fully saturated rings. The Labute approximate surface area is 102 Å². The lowest BCUT2D eigenvalue weighted by atomic mass is 10.1. The second kappa shape index (κ2) is 4.61. The molecule has 1 heterocycles. The highest BCUT2D eigenvalue weighted by molar-refractivity contribution is 5.78. The molecule has 0 radical (unpaired) electrons. The van der Waals surface area contributed by atoms with Crippen LogP contribution in [0.2, 0.25) is 0 Å². The third-order valence-electron chi connectivity index (χ3n) is 2.66. The number of non-ortho nitro benzene ring substituents is 1. The Morgan fingerprint density at radius 1 is 1.44 bits per heavy atom. The SMILES string of the molecule is COC(=O)[C@@H]1O[C@@H]1c1cc([N+](=O)[O-])ccc1OC. The second-order valence-electron chi connectivity index (χ2n) is 3.68. The zero-order valence-corrected chi connectivity index (χ0v) is 9.78. The number of hydrogen-bond acceptors (Lipinski definition) is 6. The fourth-order valence-corrected chi connectivity index (χ4v) is 1.70. The molecule has 1 aliphatic rings. The molecule has 7 heteroatoms. The number of epoxide rings is 1. The van der Waals surface area contributed by atoms with Gasteiger partial charge in [0.15, 0.2) is 6.10 Å². The Bertz CT molecular complexity index is 500. The minimum absolute atomic E-state index is 0.0788. The molecule has 96 valence electrons. The van der Waals surface area contributed by atoms with Crippen LogP contribution >= 0.6 is 0 Å². The summed E-state index contributed by atoms with van der Waals surface area (Å²) in [5, 5.41) is 10.7. The lowest BCUT2D eigenvalue weighted by molar-refractivity contribution is -0.385. The number of rotatable bonds is 4. The molecule has 0 N–H and O–H groups in total. The van der Waals surface area contributed by atoms with Gasteiger partial charge >= 0.3 is 5.97 Å². The predicted octanol–water partition coefficient (Wildman–Crippen LogP) is 1.22. The second-order valence-corrected chi connectivity index (χ2v) is 3.68. The van der Waals surface area contributed by atoms with E-state index in [2.05, 4.69) is 4.74 Å². The fourth-order valence-electron chi connectivity index (χ4n) is 1.70. The highest BCUT2D eigenvalue weighted by Crippen LogP contribution is 2.44. The highest BCUT2D eigenvalue weighted by Gasteiger charge is 2.49. The molecule has 2 atom stereocenters. The third kappa shape index (κ3) is 2.12. The summed E-state index contributed by atoms with van der Waals surface area (Å²) in [4.78, 5) is 21.4. The Hall–Kier alpha value is -2.15. The molecule has 7 nitrogen and oxygen atoms in total. The maximum absolute atomic E-state index is 11.3. The zero-order chi connectivity index (χ0) is 13.3. The average Bonchev–Trinajstić information content (AvgIpc) is 3.17. The number of carbonyl (C=O) groups is 1. The van der Waals surface area contributed by atoms with E-state index >= 15 is 0 Å². The van der Waals surface area contributed by atoms with Crippen LogP contribution < -0.4 is 4.74 Å². The summed E-state index contributed by atoms with van der Waals surface area (Å²) in [6.45, 7) is 0. The monoisotopic (exact) mass is 253 g/mol. The van der Waals surface area contributed by atoms with Crippen molar-refractivity contribution < 1.29 is 23.9 Å². The number of carbonyl (C=O) groups excluding carboxylic acids is 1. The van der Waals surface area contributed by atoms with Gasteiger partial charge in [0.05, 0.1) is 19.1 Å². The first kappa shape index (κ1) is 12.3. The van der Waals surface area contributed by atoms with Crippen molar-refractivity contribution in [2.75, 3.05) is 14.2 Å². The molecular formula is C11H11NO6. The van der Waals surface area contributed by atoms with Gasteiger partial charge in [-0.1, -0.05) is 0 Å². The van der Waals surface area contributed by atoms with Crippen LogP contribution in [0.1, 0.15) is 11.7 Å². The van der Waals surface area contributed by atoms with Crippen LogP contribution in [-0.2, 0) is 14.3 Å². The third-order valence-corrected chi connectivity index (χ3v) is 2.66. The van der Waals surface area contributed by atoms with E-state index in [1.807, 2.05) is 0 Å². The molecule has 1 saturated heterocycles. The van der Waals surface area contributed by atoms with Crippen molar-refractivity contribution in [2.45, 2.75) is 12.2 Å². The van der Waals surface area contributed by atoms with E-state index in [1.165, 1.54) is 32.4 Å². The average molecular weight is 253 g/mol. The van der Waals surface area contributed by atoms with Crippen molar-refractivity contribution in [2.24, 2.45) is 0 Å². The quantitative estimate of drug-likeness (QED) is 0.346. The van der Waals surface area contributed by atoms with Crippen molar-refractivity contribution in [3.63, 3.8) is 0 Å². The number of nitro benzene ring substituents is 1. The van der Waals surface area contributed by atoms with Gasteiger partial charge in [-0.3, -0.25) is 10.1 Å². The van der Waals surface area contributed by atoms with Crippen molar-refractivity contribution in [3.05, 3.63) is 33.9 Å². The first-order chi connectivity index (χ1) is 8.58. The molecule has 1 aromatic carbocycles. The molecule has 1 aliphatic heterocycles. The van der Waals surface area contributed by atoms with Crippen molar-refractivity contribution in [1.29, 1.82) is 0 Å². The summed E-state index contributed by atoms with van der Waals surface area (Å²) in [5.41, 5.74) is 0.395. The molecule has 0 bridgehead atoms. The molecule has 0 unspecified atom stereocenters. The van der Waals surface area contributed by atoms with Gasteiger partial charge in [0.2, 0.25) is 0 Å². The maximum Gasteiger partial charge on any atom is 0.338 e. The number of ether oxygens (including phenoxy) is 3. The molecular weight excluding hydrogens is 242 g/mol. The van der Waals surface area contributed by atoms with E-state index in [0.717, 1.165) is 0 Å². The first-order valence-electron chi connectivity index (χ1n) is 5.14. The topological polar surface area (TPSA) is 91.2 Å². The van der Waals surface area contributed by atoms with Gasteiger partial charge in [-0.05, 0) is 6.07 Å². The fraction of sp³-hybridized carbons (Fsp3) is 0.364. The van der Waals surface area contributed by atoms with Crippen LogP contribution in [0, 0.1) is 10.1 Å². The first-order valence-corrected chi connectivity index (χ1v) is 5.14. The minimum atomic E-state index is -0.717. The molecule has 1 aromatic rings. The Balaban J connectivity index is 2.29. The van der Waals surface area contributed by atoms with E-state index in [-0.39, 0.29) is 5.69 Å². The maximum atomic E-state index is 11.3. The molecule has 18 heavy (non-hydrogen) atoms. The summed E-state index contributed by atoms with van der Waals surface area (Å²) < 4.78 is 14.8. The number of esters is 1. The highest BCUT2D eigenvalue weighted by atomic mass is 16.6. The minimum Gasteiger partial charge on any atom is -0.496 e. The van der Waals surface area contributed by atoms with Crippen LogP contribution in [0.25, 0.3) is 0 Å². The predicted molar refractivity (Wildman–Crippen MR) is 59.3 cm³/mol. The number of nitrogens with zero attached hydrogens (tertiary/aromatic N) is 1. The molecule has 0 saturated carbocycles. The van der Waals surface area contributed by atoms with E-state index in [9.17, 15) is 14.9 Å². The van der Waals surface area contributed by atoms with Gasteiger partial charge in [-0.2, -0.15) is 0 Å². The van der Waals surface area contributed by atoms with Crippen LogP contribution in [0.4, 0.5) is 5.69 Å². The zero-order valence-electron chi connectivity index (χ0n) is 9.78. The molecule has 0 spiro atoms. The summed E-state index contributed by atoms with van der Waals surface area (Å²) in [5.74, 6) is -0.0643. The normalized spacial score (nSPS) is 21.2. The van der Waals surface area contributed by atoms with Gasteiger partial charge < -0.3 is 14.2 Å². The number of hydrogen-bond donors (Lipinski definition) is 0. The number of nitro groups is 1. The lowest BCUT2D eigenvalue weighted by Crippen LogP contribution is -2.09. The summed E-state index contributed by atoms with van der Waals surface area (Å²) in [6, 6.07) is 4.15. The molecule has 2 rings (SSSR count). The summed E-state index contributed by atoms with van der Waals surface area (Å²) in [6.07, 6.45) is -1.27.